The van der Waals surface area contributed by atoms with E-state index >= 15 is 0 Å². The van der Waals surface area contributed by atoms with Gasteiger partial charge in [0, 0.05) is 16.5 Å². The van der Waals surface area contributed by atoms with Gasteiger partial charge in [-0.1, -0.05) is 51.1 Å². The zero-order valence-corrected chi connectivity index (χ0v) is 23.4. The van der Waals surface area contributed by atoms with Gasteiger partial charge < -0.3 is 5.11 Å². The maximum absolute atomic E-state index is 12.6. The van der Waals surface area contributed by atoms with Gasteiger partial charge in [-0.05, 0) is 146 Å². The molecule has 1 nitrogen and oxygen atoms in total. The van der Waals surface area contributed by atoms with Crippen LogP contribution in [-0.4, -0.2) is 5.11 Å². The second-order valence-corrected chi connectivity index (χ2v) is 16.1. The first-order chi connectivity index (χ1) is 17.7. The van der Waals surface area contributed by atoms with Crippen molar-refractivity contribution in [1.29, 1.82) is 0 Å². The summed E-state index contributed by atoms with van der Waals surface area (Å²) in [6.07, 6.45) is 16.9. The summed E-state index contributed by atoms with van der Waals surface area (Å²) in [5.74, 6) is 6.07. The van der Waals surface area contributed by atoms with Crippen LogP contribution in [0.2, 0.25) is 0 Å². The molecule has 0 heterocycles. The number of phenolic OH excluding ortho intramolecular Hbond substituents is 1. The molecule has 8 saturated carbocycles. The summed E-state index contributed by atoms with van der Waals surface area (Å²) < 4.78 is 0. The molecular weight excluding hydrogens is 448 g/mol. The molecule has 10 rings (SSSR count). The third-order valence-electron chi connectivity index (χ3n) is 12.3. The van der Waals surface area contributed by atoms with E-state index in [2.05, 4.69) is 57.2 Å². The van der Waals surface area contributed by atoms with Crippen molar-refractivity contribution in [2.24, 2.45) is 35.5 Å². The minimum absolute atomic E-state index is 0.0624. The van der Waals surface area contributed by atoms with Crippen LogP contribution in [0.3, 0.4) is 0 Å². The first-order valence-corrected chi connectivity index (χ1v) is 15.7. The highest BCUT2D eigenvalue weighted by Crippen LogP contribution is 2.68. The molecule has 37 heavy (non-hydrogen) atoms. The van der Waals surface area contributed by atoms with Gasteiger partial charge in [-0.3, -0.25) is 0 Å². The molecular formula is C36H46O. The molecule has 0 unspecified atom stereocenters. The molecule has 196 valence electrons. The summed E-state index contributed by atoms with van der Waals surface area (Å²) in [5, 5.41) is 12.6. The quantitative estimate of drug-likeness (QED) is 0.451. The number of benzene rings is 2. The highest BCUT2D eigenvalue weighted by Gasteiger charge is 2.58. The maximum atomic E-state index is 12.6. The van der Waals surface area contributed by atoms with Gasteiger partial charge in [-0.15, -0.1) is 0 Å². The van der Waals surface area contributed by atoms with Gasteiger partial charge >= 0.3 is 0 Å². The summed E-state index contributed by atoms with van der Waals surface area (Å²) in [7, 11) is 0. The van der Waals surface area contributed by atoms with Crippen molar-refractivity contribution in [1.82, 2.24) is 0 Å². The van der Waals surface area contributed by atoms with E-state index in [9.17, 15) is 5.11 Å². The van der Waals surface area contributed by atoms with E-state index in [0.717, 1.165) is 41.1 Å². The minimum atomic E-state index is 0.0624. The van der Waals surface area contributed by atoms with Crippen LogP contribution in [0.5, 0.6) is 5.75 Å². The van der Waals surface area contributed by atoms with Crippen LogP contribution < -0.4 is 0 Å². The largest absolute Gasteiger partial charge is 0.507 e. The van der Waals surface area contributed by atoms with Crippen molar-refractivity contribution in [3.8, 4) is 16.9 Å². The summed E-state index contributed by atoms with van der Waals surface area (Å²) in [6, 6.07) is 13.3. The lowest BCUT2D eigenvalue weighted by atomic mass is 9.43. The lowest BCUT2D eigenvalue weighted by molar-refractivity contribution is -0.0188. The van der Waals surface area contributed by atoms with Gasteiger partial charge in [-0.25, -0.2) is 0 Å². The number of aromatic hydroxyl groups is 1. The summed E-state index contributed by atoms with van der Waals surface area (Å²) >= 11 is 0. The molecule has 0 amide bonds. The van der Waals surface area contributed by atoms with E-state index in [1.165, 1.54) is 88.2 Å². The number of hydrogen-bond acceptors (Lipinski definition) is 1. The standard InChI is InChI=1S/C36H46O/c1-34(2,3)30-15-29(28-7-5-4-6-8-28)33(37)32(36-19-25-12-26(20-36)14-27(13-25)21-36)31(30)35-16-22-9-23(17-35)11-24(10-22)18-35/h4-8,15,22-27,37H,9-14,16-21H2,1-3H3. The van der Waals surface area contributed by atoms with Crippen LogP contribution in [-0.2, 0) is 16.2 Å². The van der Waals surface area contributed by atoms with Gasteiger partial charge in [-0.2, -0.15) is 0 Å². The highest BCUT2D eigenvalue weighted by atomic mass is 16.3. The van der Waals surface area contributed by atoms with E-state index in [1.807, 2.05) is 0 Å². The van der Waals surface area contributed by atoms with E-state index in [4.69, 9.17) is 0 Å². The Morgan fingerprint density at radius 3 is 1.43 bits per heavy atom. The van der Waals surface area contributed by atoms with E-state index in [-0.39, 0.29) is 10.8 Å². The van der Waals surface area contributed by atoms with E-state index < -0.39 is 0 Å². The molecule has 8 fully saturated rings. The fourth-order valence-corrected chi connectivity index (χ4v) is 12.0. The zero-order chi connectivity index (χ0) is 25.2. The predicted molar refractivity (Wildman–Crippen MR) is 152 cm³/mol. The Labute approximate surface area is 224 Å². The average Bonchev–Trinajstić information content (AvgIpc) is 2.82. The average molecular weight is 495 g/mol. The van der Waals surface area contributed by atoms with Crippen LogP contribution in [0.4, 0.5) is 0 Å². The fraction of sp³-hybridized carbons (Fsp3) is 0.667. The monoisotopic (exact) mass is 494 g/mol. The normalized spacial score (nSPS) is 41.5. The van der Waals surface area contributed by atoms with Crippen molar-refractivity contribution in [3.63, 3.8) is 0 Å². The number of rotatable bonds is 3. The van der Waals surface area contributed by atoms with Gasteiger partial charge in [0.2, 0.25) is 0 Å². The first-order valence-electron chi connectivity index (χ1n) is 15.7. The lowest BCUT2D eigenvalue weighted by Gasteiger charge is -2.61. The third-order valence-corrected chi connectivity index (χ3v) is 12.3. The first kappa shape index (κ1) is 23.2. The molecule has 8 aliphatic rings. The Kier molecular flexibility index (Phi) is 4.80. The third kappa shape index (κ3) is 3.40. The van der Waals surface area contributed by atoms with Gasteiger partial charge in [0.1, 0.15) is 5.75 Å². The molecule has 0 aliphatic heterocycles. The highest BCUT2D eigenvalue weighted by molar-refractivity contribution is 5.76. The lowest BCUT2D eigenvalue weighted by Crippen LogP contribution is -2.53. The topological polar surface area (TPSA) is 20.2 Å². The molecule has 0 aromatic heterocycles. The van der Waals surface area contributed by atoms with Crippen molar-refractivity contribution in [2.45, 2.75) is 114 Å². The predicted octanol–water partition coefficient (Wildman–Crippen LogP) is 9.29. The van der Waals surface area contributed by atoms with Crippen molar-refractivity contribution in [3.05, 3.63) is 53.1 Å². The van der Waals surface area contributed by atoms with Crippen LogP contribution in [0.15, 0.2) is 36.4 Å². The Hall–Kier alpha value is -1.76. The van der Waals surface area contributed by atoms with Gasteiger partial charge in [0.25, 0.3) is 0 Å². The summed E-state index contributed by atoms with van der Waals surface area (Å²) in [4.78, 5) is 0. The SMILES string of the molecule is CC(C)(C)c1cc(-c2ccccc2)c(O)c(C23CC4CC(CC(C4)C2)C3)c1C12CC3CC(CC(C3)C1)C2. The molecule has 8 bridgehead atoms. The Balaban J connectivity index is 1.43. The molecule has 8 aliphatic carbocycles. The molecule has 2 aromatic carbocycles. The zero-order valence-electron chi connectivity index (χ0n) is 23.4. The van der Waals surface area contributed by atoms with Crippen LogP contribution in [0, 0.1) is 35.5 Å². The maximum Gasteiger partial charge on any atom is 0.127 e. The summed E-state index contributed by atoms with van der Waals surface area (Å²) in [6.45, 7) is 7.34. The molecule has 0 spiro atoms. The van der Waals surface area contributed by atoms with Crippen LogP contribution >= 0.6 is 0 Å². The second kappa shape index (κ2) is 7.67. The second-order valence-electron chi connectivity index (χ2n) is 16.1. The van der Waals surface area contributed by atoms with Gasteiger partial charge in [0.15, 0.2) is 0 Å². The summed E-state index contributed by atoms with van der Waals surface area (Å²) in [5.41, 5.74) is 7.56. The van der Waals surface area contributed by atoms with E-state index in [0.29, 0.717) is 11.2 Å². The molecule has 0 saturated heterocycles. The van der Waals surface area contributed by atoms with E-state index in [1.54, 1.807) is 11.1 Å². The minimum Gasteiger partial charge on any atom is -0.507 e. The molecule has 2 aromatic rings. The smallest absolute Gasteiger partial charge is 0.127 e. The molecule has 1 heteroatoms. The Morgan fingerprint density at radius 2 is 1.03 bits per heavy atom. The van der Waals surface area contributed by atoms with Crippen molar-refractivity contribution in [2.75, 3.05) is 0 Å². The molecule has 0 radical (unpaired) electrons. The number of hydrogen-bond donors (Lipinski definition) is 1. The van der Waals surface area contributed by atoms with Crippen molar-refractivity contribution >= 4 is 0 Å². The van der Waals surface area contributed by atoms with Crippen molar-refractivity contribution < 1.29 is 5.11 Å². The van der Waals surface area contributed by atoms with Gasteiger partial charge in [0.05, 0.1) is 0 Å². The van der Waals surface area contributed by atoms with Crippen LogP contribution in [0.25, 0.3) is 11.1 Å². The Bertz CT molecular complexity index is 1160. The fourth-order valence-electron chi connectivity index (χ4n) is 12.0. The van der Waals surface area contributed by atoms with Crippen LogP contribution in [0.1, 0.15) is 115 Å². The number of phenols is 1. The molecule has 1 N–H and O–H groups in total. The Morgan fingerprint density at radius 1 is 0.622 bits per heavy atom. The molecule has 0 atom stereocenters.